The molecule has 0 atom stereocenters. The van der Waals surface area contributed by atoms with Gasteiger partial charge in [-0.05, 0) is 24.6 Å². The van der Waals surface area contributed by atoms with Gasteiger partial charge in [0, 0.05) is 24.0 Å². The molecule has 0 spiro atoms. The molecule has 7 nitrogen and oxygen atoms in total. The Morgan fingerprint density at radius 3 is 2.55 bits per heavy atom. The molecule has 2 aromatic heterocycles. The first-order chi connectivity index (χ1) is 15.0. The molecule has 0 amide bonds. The van der Waals surface area contributed by atoms with Crippen LogP contribution in [0.15, 0.2) is 70.3 Å². The molecule has 2 aromatic carbocycles. The Labute approximate surface area is 183 Å². The van der Waals surface area contributed by atoms with Gasteiger partial charge >= 0.3 is 5.69 Å². The fraction of sp³-hybridized carbons (Fsp3) is 0.174. The second-order valence-corrected chi connectivity index (χ2v) is 7.57. The second-order valence-electron chi connectivity index (χ2n) is 7.21. The fourth-order valence-electron chi connectivity index (χ4n) is 3.61. The van der Waals surface area contributed by atoms with Crippen LogP contribution in [0.25, 0.3) is 10.9 Å². The van der Waals surface area contributed by atoms with Crippen molar-refractivity contribution in [1.29, 1.82) is 0 Å². The highest BCUT2D eigenvalue weighted by Gasteiger charge is 2.19. The molecule has 2 heterocycles. The summed E-state index contributed by atoms with van der Waals surface area (Å²) in [4.78, 5) is 33.8. The van der Waals surface area contributed by atoms with Gasteiger partial charge in [0.2, 0.25) is 0 Å². The number of fused-ring (bicyclic) bond motifs is 1. The third-order valence-electron chi connectivity index (χ3n) is 5.21. The molecule has 4 rings (SSSR count). The summed E-state index contributed by atoms with van der Waals surface area (Å²) in [6, 6.07) is 19.1. The van der Waals surface area contributed by atoms with E-state index in [1.165, 1.54) is 4.57 Å². The number of hydrogen-bond donors (Lipinski definition) is 2. The summed E-state index contributed by atoms with van der Waals surface area (Å²) in [5.74, 6) is 0.115. The number of H-pyrrole nitrogens is 1. The van der Waals surface area contributed by atoms with Crippen molar-refractivity contribution in [2.24, 2.45) is 0 Å². The van der Waals surface area contributed by atoms with Crippen LogP contribution in [0.1, 0.15) is 18.1 Å². The zero-order chi connectivity index (χ0) is 22.0. The molecule has 3 N–H and O–H groups in total. The smallest absolute Gasteiger partial charge is 0.330 e. The number of anilines is 2. The maximum absolute atomic E-state index is 12.7. The van der Waals surface area contributed by atoms with Crippen molar-refractivity contribution in [3.05, 3.63) is 97.8 Å². The standard InChI is InChI=1S/C23H22ClN5O2/c1-2-28(14-17-12-16-10-6-7-11-18(16)26-20(17)24)19-21(25)29(23(31)27-22(19)30)13-15-8-4-3-5-9-15/h3-12H,2,13-14,25H2,1H3,(H,27,30,31). The van der Waals surface area contributed by atoms with Gasteiger partial charge in [0.1, 0.15) is 16.7 Å². The Morgan fingerprint density at radius 2 is 1.81 bits per heavy atom. The quantitative estimate of drug-likeness (QED) is 0.452. The van der Waals surface area contributed by atoms with Gasteiger partial charge in [-0.3, -0.25) is 14.3 Å². The molecule has 0 unspecified atom stereocenters. The molecule has 31 heavy (non-hydrogen) atoms. The third kappa shape index (κ3) is 4.18. The summed E-state index contributed by atoms with van der Waals surface area (Å²) in [6.07, 6.45) is 0. The van der Waals surface area contributed by atoms with E-state index < -0.39 is 11.2 Å². The Bertz CT molecular complexity index is 1350. The summed E-state index contributed by atoms with van der Waals surface area (Å²) in [7, 11) is 0. The van der Waals surface area contributed by atoms with Crippen LogP contribution in [-0.4, -0.2) is 21.1 Å². The van der Waals surface area contributed by atoms with Crippen LogP contribution >= 0.6 is 11.6 Å². The summed E-state index contributed by atoms with van der Waals surface area (Å²) in [5, 5.41) is 1.32. The highest BCUT2D eigenvalue weighted by atomic mass is 35.5. The lowest BCUT2D eigenvalue weighted by molar-refractivity contribution is 0.718. The van der Waals surface area contributed by atoms with Crippen LogP contribution < -0.4 is 21.9 Å². The third-order valence-corrected chi connectivity index (χ3v) is 5.53. The van der Waals surface area contributed by atoms with Gasteiger partial charge in [-0.25, -0.2) is 9.78 Å². The Hall–Kier alpha value is -3.58. The van der Waals surface area contributed by atoms with Crippen molar-refractivity contribution in [3.63, 3.8) is 0 Å². The zero-order valence-electron chi connectivity index (χ0n) is 17.0. The molecule has 0 saturated heterocycles. The summed E-state index contributed by atoms with van der Waals surface area (Å²) >= 11 is 6.42. The first-order valence-corrected chi connectivity index (χ1v) is 10.3. The minimum atomic E-state index is -0.545. The van der Waals surface area contributed by atoms with E-state index in [0.29, 0.717) is 18.2 Å². The minimum Gasteiger partial charge on any atom is -0.383 e. The first-order valence-electron chi connectivity index (χ1n) is 9.93. The molecule has 0 bridgehead atoms. The van der Waals surface area contributed by atoms with Crippen LogP contribution in [0, 0.1) is 0 Å². The number of para-hydroxylation sites is 1. The van der Waals surface area contributed by atoms with Crippen molar-refractivity contribution in [2.45, 2.75) is 20.0 Å². The number of aromatic amines is 1. The maximum atomic E-state index is 12.7. The number of hydrogen-bond acceptors (Lipinski definition) is 5. The molecule has 0 aliphatic heterocycles. The van der Waals surface area contributed by atoms with Crippen molar-refractivity contribution < 1.29 is 0 Å². The maximum Gasteiger partial charge on any atom is 0.330 e. The topological polar surface area (TPSA) is 97.0 Å². The van der Waals surface area contributed by atoms with E-state index >= 15 is 0 Å². The minimum absolute atomic E-state index is 0.115. The molecule has 0 aliphatic carbocycles. The lowest BCUT2D eigenvalue weighted by Crippen LogP contribution is -2.38. The number of nitrogen functional groups attached to an aromatic ring is 1. The molecule has 0 aliphatic rings. The Balaban J connectivity index is 1.75. The molecule has 0 fully saturated rings. The van der Waals surface area contributed by atoms with E-state index in [-0.39, 0.29) is 18.1 Å². The van der Waals surface area contributed by atoms with Gasteiger partial charge in [0.15, 0.2) is 0 Å². The van der Waals surface area contributed by atoms with Crippen LogP contribution in [-0.2, 0) is 13.1 Å². The SMILES string of the molecule is CCN(Cc1cc2ccccc2nc1Cl)c1c(N)n(Cc2ccccc2)c(=O)[nH]c1=O. The fourth-order valence-corrected chi connectivity index (χ4v) is 3.81. The van der Waals surface area contributed by atoms with Crippen molar-refractivity contribution >= 4 is 34.0 Å². The Morgan fingerprint density at radius 1 is 1.10 bits per heavy atom. The molecule has 158 valence electrons. The van der Waals surface area contributed by atoms with Crippen molar-refractivity contribution in [1.82, 2.24) is 14.5 Å². The van der Waals surface area contributed by atoms with E-state index in [0.717, 1.165) is 22.0 Å². The zero-order valence-corrected chi connectivity index (χ0v) is 17.8. The van der Waals surface area contributed by atoms with Crippen LogP contribution in [0.4, 0.5) is 11.5 Å². The van der Waals surface area contributed by atoms with Gasteiger partial charge in [-0.15, -0.1) is 0 Å². The van der Waals surface area contributed by atoms with Crippen LogP contribution in [0.2, 0.25) is 5.15 Å². The average molecular weight is 436 g/mol. The average Bonchev–Trinajstić information content (AvgIpc) is 2.76. The van der Waals surface area contributed by atoms with Gasteiger partial charge in [0.05, 0.1) is 12.1 Å². The first kappa shape index (κ1) is 20.7. The van der Waals surface area contributed by atoms with E-state index in [1.807, 2.05) is 67.6 Å². The van der Waals surface area contributed by atoms with E-state index in [9.17, 15) is 9.59 Å². The predicted molar refractivity (Wildman–Crippen MR) is 125 cm³/mol. The molecular formula is C23H22ClN5O2. The van der Waals surface area contributed by atoms with Crippen molar-refractivity contribution in [2.75, 3.05) is 17.2 Å². The number of halogens is 1. The molecule has 0 saturated carbocycles. The van der Waals surface area contributed by atoms with E-state index in [1.54, 1.807) is 4.90 Å². The van der Waals surface area contributed by atoms with Crippen LogP contribution in [0.5, 0.6) is 0 Å². The van der Waals surface area contributed by atoms with Gasteiger partial charge in [-0.2, -0.15) is 0 Å². The summed E-state index contributed by atoms with van der Waals surface area (Å²) < 4.78 is 1.37. The highest BCUT2D eigenvalue weighted by Crippen LogP contribution is 2.25. The number of benzene rings is 2. The largest absolute Gasteiger partial charge is 0.383 e. The van der Waals surface area contributed by atoms with Crippen LogP contribution in [0.3, 0.4) is 0 Å². The monoisotopic (exact) mass is 435 g/mol. The second kappa shape index (κ2) is 8.65. The lowest BCUT2D eigenvalue weighted by Gasteiger charge is -2.25. The van der Waals surface area contributed by atoms with Gasteiger partial charge in [-0.1, -0.05) is 60.1 Å². The molecule has 4 aromatic rings. The number of nitrogens with two attached hydrogens (primary N) is 1. The summed E-state index contributed by atoms with van der Waals surface area (Å²) in [6.45, 7) is 2.98. The number of aromatic nitrogens is 3. The number of pyridine rings is 1. The normalized spacial score (nSPS) is 11.0. The van der Waals surface area contributed by atoms with E-state index in [4.69, 9.17) is 17.3 Å². The molecular weight excluding hydrogens is 414 g/mol. The predicted octanol–water partition coefficient (Wildman–Crippen LogP) is 3.40. The van der Waals surface area contributed by atoms with Gasteiger partial charge < -0.3 is 10.6 Å². The molecule has 0 radical (unpaired) electrons. The highest BCUT2D eigenvalue weighted by molar-refractivity contribution is 6.30. The van der Waals surface area contributed by atoms with Gasteiger partial charge in [0.25, 0.3) is 5.56 Å². The summed E-state index contributed by atoms with van der Waals surface area (Å²) in [5.41, 5.74) is 7.98. The van der Waals surface area contributed by atoms with Crippen molar-refractivity contribution in [3.8, 4) is 0 Å². The number of rotatable bonds is 6. The number of nitrogens with zero attached hydrogens (tertiary/aromatic N) is 3. The molecule has 8 heteroatoms. The number of nitrogens with one attached hydrogen (secondary N) is 1. The lowest BCUT2D eigenvalue weighted by atomic mass is 10.1. The van der Waals surface area contributed by atoms with E-state index in [2.05, 4.69) is 9.97 Å². The Kier molecular flexibility index (Phi) is 5.77.